The van der Waals surface area contributed by atoms with E-state index in [-0.39, 0.29) is 5.91 Å². The van der Waals surface area contributed by atoms with Gasteiger partial charge in [-0.2, -0.15) is 0 Å². The molecular weight excluding hydrogens is 334 g/mol. The maximum absolute atomic E-state index is 11.8. The topological polar surface area (TPSA) is 49.3 Å². The maximum Gasteiger partial charge on any atom is 0.244 e. The summed E-state index contributed by atoms with van der Waals surface area (Å²) < 4.78 is 0. The number of carbonyl (C=O) groups excluding carboxylic acids is 1. The first-order chi connectivity index (χ1) is 13.1. The lowest BCUT2D eigenvalue weighted by molar-refractivity contribution is -0.117. The molecule has 0 heterocycles. The third kappa shape index (κ3) is 16.1. The van der Waals surface area contributed by atoms with Crippen molar-refractivity contribution in [2.45, 2.75) is 77.7 Å². The summed E-state index contributed by atoms with van der Waals surface area (Å²) in [7, 11) is 0. The van der Waals surface area contributed by atoms with Crippen LogP contribution in [0.1, 0.15) is 72.1 Å². The Morgan fingerprint density at radius 1 is 0.778 bits per heavy atom. The van der Waals surface area contributed by atoms with Crippen LogP contribution >= 0.6 is 0 Å². The fraction of sp³-hybridized carbons (Fsp3) is 0.542. The number of carbonyl (C=O) groups is 1. The fourth-order valence-corrected chi connectivity index (χ4v) is 2.70. The average molecular weight is 374 g/mol. The average Bonchev–Trinajstić information content (AvgIpc) is 2.64. The molecule has 3 nitrogen and oxygen atoms in total. The zero-order chi connectivity index (χ0) is 20.2. The number of hydrogen-bond acceptors (Lipinski definition) is 2. The van der Waals surface area contributed by atoms with Crippen molar-refractivity contribution < 1.29 is 9.90 Å². The fourth-order valence-electron chi connectivity index (χ4n) is 2.70. The van der Waals surface area contributed by atoms with Crippen molar-refractivity contribution in [3.63, 3.8) is 0 Å². The second-order valence-corrected chi connectivity index (χ2v) is 6.84. The summed E-state index contributed by atoms with van der Waals surface area (Å²) in [5.74, 6) is -0.171. The van der Waals surface area contributed by atoms with Crippen LogP contribution in [0.25, 0.3) is 0 Å². The molecule has 0 rings (SSSR count). The van der Waals surface area contributed by atoms with Crippen LogP contribution in [0.3, 0.4) is 0 Å². The van der Waals surface area contributed by atoms with Gasteiger partial charge < -0.3 is 10.4 Å². The van der Waals surface area contributed by atoms with Crippen molar-refractivity contribution in [1.29, 1.82) is 0 Å². The van der Waals surface area contributed by atoms with Gasteiger partial charge in [-0.05, 0) is 32.1 Å². The molecule has 0 atom stereocenters. The molecule has 0 fully saturated rings. The van der Waals surface area contributed by atoms with Gasteiger partial charge in [0, 0.05) is 12.6 Å². The number of allylic oxidation sites excluding steroid dienone is 9. The lowest BCUT2D eigenvalue weighted by Crippen LogP contribution is -2.42. The Labute approximate surface area is 166 Å². The number of rotatable bonds is 15. The minimum Gasteiger partial charge on any atom is -0.388 e. The molecule has 0 saturated carbocycles. The second kappa shape index (κ2) is 17.5. The molecule has 0 spiro atoms. The second-order valence-electron chi connectivity index (χ2n) is 6.84. The molecule has 0 radical (unpaired) electrons. The minimum atomic E-state index is -0.786. The van der Waals surface area contributed by atoms with Crippen LogP contribution in [0, 0.1) is 0 Å². The quantitative estimate of drug-likeness (QED) is 0.217. The summed E-state index contributed by atoms with van der Waals surface area (Å²) in [5.41, 5.74) is -0.786. The van der Waals surface area contributed by atoms with Gasteiger partial charge >= 0.3 is 0 Å². The van der Waals surface area contributed by atoms with Crippen molar-refractivity contribution >= 4 is 5.91 Å². The Hall–Kier alpha value is -1.87. The summed E-state index contributed by atoms with van der Waals surface area (Å²) in [4.78, 5) is 11.8. The molecule has 0 saturated heterocycles. The Bertz CT molecular complexity index is 506. The Morgan fingerprint density at radius 2 is 1.30 bits per heavy atom. The molecule has 27 heavy (non-hydrogen) atoms. The molecule has 0 aliphatic carbocycles. The maximum atomic E-state index is 11.8. The zero-order valence-corrected chi connectivity index (χ0v) is 17.5. The smallest absolute Gasteiger partial charge is 0.244 e. The standard InChI is InChI=1S/C24H39NO2/c1-4-7-8-9-10-11-12-13-14-15-16-17-18-19-23(26)25-22-24(27,20-5-2)21-6-3/h8-11,14-19,27H,4-7,12-13,20-22H2,1-3H3,(H,25,26). The molecule has 0 aromatic heterocycles. The minimum absolute atomic E-state index is 0.171. The largest absolute Gasteiger partial charge is 0.388 e. The lowest BCUT2D eigenvalue weighted by Gasteiger charge is -2.27. The molecule has 0 unspecified atom stereocenters. The van der Waals surface area contributed by atoms with Crippen LogP contribution in [0.2, 0.25) is 0 Å². The van der Waals surface area contributed by atoms with E-state index < -0.39 is 5.60 Å². The highest BCUT2D eigenvalue weighted by atomic mass is 16.3. The molecule has 3 heteroatoms. The molecule has 2 N–H and O–H groups in total. The number of hydrogen-bond donors (Lipinski definition) is 2. The molecule has 0 aromatic carbocycles. The number of nitrogens with one attached hydrogen (secondary N) is 1. The van der Waals surface area contributed by atoms with E-state index in [0.29, 0.717) is 19.4 Å². The van der Waals surface area contributed by atoms with E-state index in [1.54, 1.807) is 6.08 Å². The SMILES string of the molecule is CCCC=CC=CCCC=CC=CC=CC(=O)NCC(O)(CCC)CCC. The number of aliphatic hydroxyl groups is 1. The zero-order valence-electron chi connectivity index (χ0n) is 17.5. The van der Waals surface area contributed by atoms with E-state index in [0.717, 1.165) is 32.1 Å². The first-order valence-electron chi connectivity index (χ1n) is 10.4. The monoisotopic (exact) mass is 373 g/mol. The van der Waals surface area contributed by atoms with Crippen LogP contribution in [0.4, 0.5) is 0 Å². The highest BCUT2D eigenvalue weighted by Gasteiger charge is 2.24. The molecule has 1 amide bonds. The molecule has 0 aliphatic heterocycles. The van der Waals surface area contributed by atoms with Crippen LogP contribution in [-0.2, 0) is 4.79 Å². The van der Waals surface area contributed by atoms with Crippen LogP contribution in [0.5, 0.6) is 0 Å². The van der Waals surface area contributed by atoms with Crippen molar-refractivity contribution in [2.24, 2.45) is 0 Å². The van der Waals surface area contributed by atoms with Gasteiger partial charge in [-0.3, -0.25) is 4.79 Å². The van der Waals surface area contributed by atoms with Crippen molar-refractivity contribution in [3.05, 3.63) is 60.8 Å². The van der Waals surface area contributed by atoms with Gasteiger partial charge in [0.1, 0.15) is 0 Å². The van der Waals surface area contributed by atoms with Gasteiger partial charge in [0.2, 0.25) is 5.91 Å². The van der Waals surface area contributed by atoms with Crippen LogP contribution < -0.4 is 5.32 Å². The van der Waals surface area contributed by atoms with E-state index in [1.807, 2.05) is 32.1 Å². The predicted octanol–water partition coefficient (Wildman–Crippen LogP) is 5.80. The Morgan fingerprint density at radius 3 is 1.85 bits per heavy atom. The van der Waals surface area contributed by atoms with Crippen LogP contribution in [0.15, 0.2) is 60.8 Å². The van der Waals surface area contributed by atoms with Gasteiger partial charge in [0.25, 0.3) is 0 Å². The van der Waals surface area contributed by atoms with Crippen molar-refractivity contribution in [3.8, 4) is 0 Å². The van der Waals surface area contributed by atoms with Crippen LogP contribution in [-0.4, -0.2) is 23.2 Å². The summed E-state index contributed by atoms with van der Waals surface area (Å²) >= 11 is 0. The first kappa shape index (κ1) is 25.1. The van der Waals surface area contributed by atoms with E-state index in [4.69, 9.17) is 0 Å². The Kier molecular flexibility index (Phi) is 16.3. The summed E-state index contributed by atoms with van der Waals surface area (Å²) in [6.45, 7) is 6.57. The van der Waals surface area contributed by atoms with Crippen molar-refractivity contribution in [1.82, 2.24) is 5.32 Å². The normalized spacial score (nSPS) is 13.2. The third-order valence-electron chi connectivity index (χ3n) is 4.08. The van der Waals surface area contributed by atoms with E-state index in [2.05, 4.69) is 42.6 Å². The summed E-state index contributed by atoms with van der Waals surface area (Å²) in [5, 5.41) is 13.3. The van der Waals surface area contributed by atoms with Gasteiger partial charge in [-0.15, -0.1) is 0 Å². The molecule has 0 aliphatic rings. The van der Waals surface area contributed by atoms with Gasteiger partial charge in [-0.25, -0.2) is 0 Å². The van der Waals surface area contributed by atoms with Crippen molar-refractivity contribution in [2.75, 3.05) is 6.54 Å². The highest BCUT2D eigenvalue weighted by molar-refractivity contribution is 5.87. The van der Waals surface area contributed by atoms with Gasteiger partial charge in [-0.1, -0.05) is 94.7 Å². The number of unbranched alkanes of at least 4 members (excludes halogenated alkanes) is 2. The Balaban J connectivity index is 4.00. The third-order valence-corrected chi connectivity index (χ3v) is 4.08. The molecular formula is C24H39NO2. The molecule has 152 valence electrons. The summed E-state index contributed by atoms with van der Waals surface area (Å²) in [6, 6.07) is 0. The van der Waals surface area contributed by atoms with E-state index in [1.165, 1.54) is 12.5 Å². The van der Waals surface area contributed by atoms with Gasteiger partial charge in [0.15, 0.2) is 0 Å². The van der Waals surface area contributed by atoms with Gasteiger partial charge in [0.05, 0.1) is 5.60 Å². The van der Waals surface area contributed by atoms with E-state index in [9.17, 15) is 9.90 Å². The molecule has 0 aromatic rings. The number of amides is 1. The summed E-state index contributed by atoms with van der Waals surface area (Å²) in [6.07, 6.45) is 27.2. The highest BCUT2D eigenvalue weighted by Crippen LogP contribution is 2.18. The lowest BCUT2D eigenvalue weighted by atomic mass is 9.92. The first-order valence-corrected chi connectivity index (χ1v) is 10.4. The molecule has 0 bridgehead atoms. The predicted molar refractivity (Wildman–Crippen MR) is 118 cm³/mol. The van der Waals surface area contributed by atoms with E-state index >= 15 is 0 Å².